The molecule has 0 radical (unpaired) electrons. The number of benzene rings is 1. The average molecular weight is 264 g/mol. The van der Waals surface area contributed by atoms with Crippen molar-refractivity contribution in [1.29, 1.82) is 0 Å². The summed E-state index contributed by atoms with van der Waals surface area (Å²) < 4.78 is 1.09. The SMILES string of the molecule is O=C(O)CC(Cc1cc2ccccc2s1)C(=O)O. The van der Waals surface area contributed by atoms with Crippen LogP contribution in [-0.2, 0) is 16.0 Å². The lowest BCUT2D eigenvalue weighted by atomic mass is 10.0. The first-order chi connectivity index (χ1) is 8.56. The number of fused-ring (bicyclic) bond motifs is 1. The lowest BCUT2D eigenvalue weighted by Gasteiger charge is -2.07. The molecule has 0 spiro atoms. The zero-order valence-corrected chi connectivity index (χ0v) is 10.3. The van der Waals surface area contributed by atoms with E-state index in [0.717, 1.165) is 15.0 Å². The van der Waals surface area contributed by atoms with Crippen LogP contribution in [0.3, 0.4) is 0 Å². The van der Waals surface area contributed by atoms with E-state index in [2.05, 4.69) is 0 Å². The molecule has 0 saturated carbocycles. The van der Waals surface area contributed by atoms with Gasteiger partial charge in [0.15, 0.2) is 0 Å². The van der Waals surface area contributed by atoms with Crippen LogP contribution in [0.25, 0.3) is 10.1 Å². The van der Waals surface area contributed by atoms with Crippen LogP contribution < -0.4 is 0 Å². The van der Waals surface area contributed by atoms with E-state index in [1.165, 1.54) is 11.3 Å². The first-order valence-electron chi connectivity index (χ1n) is 5.48. The molecule has 94 valence electrons. The van der Waals surface area contributed by atoms with E-state index in [-0.39, 0.29) is 12.8 Å². The summed E-state index contributed by atoms with van der Waals surface area (Å²) >= 11 is 1.51. The molecule has 0 saturated heterocycles. The summed E-state index contributed by atoms with van der Waals surface area (Å²) in [6.07, 6.45) is -0.0788. The molecule has 1 heterocycles. The smallest absolute Gasteiger partial charge is 0.307 e. The first-order valence-corrected chi connectivity index (χ1v) is 6.30. The van der Waals surface area contributed by atoms with Crippen LogP contribution in [0, 0.1) is 5.92 Å². The molecule has 0 aliphatic rings. The van der Waals surface area contributed by atoms with E-state index in [0.29, 0.717) is 0 Å². The fourth-order valence-corrected chi connectivity index (χ4v) is 2.98. The molecule has 1 atom stereocenters. The van der Waals surface area contributed by atoms with Crippen LogP contribution in [0.1, 0.15) is 11.3 Å². The van der Waals surface area contributed by atoms with Gasteiger partial charge in [-0.05, 0) is 23.9 Å². The third kappa shape index (κ3) is 2.87. The van der Waals surface area contributed by atoms with Gasteiger partial charge in [-0.2, -0.15) is 0 Å². The maximum absolute atomic E-state index is 11.0. The third-order valence-electron chi connectivity index (χ3n) is 2.69. The van der Waals surface area contributed by atoms with Crippen LogP contribution in [0.5, 0.6) is 0 Å². The molecule has 5 heteroatoms. The fourth-order valence-electron chi connectivity index (χ4n) is 1.84. The molecule has 2 rings (SSSR count). The maximum atomic E-state index is 11.0. The Labute approximate surface area is 107 Å². The van der Waals surface area contributed by atoms with Gasteiger partial charge in [0.1, 0.15) is 0 Å². The van der Waals surface area contributed by atoms with Gasteiger partial charge in [-0.1, -0.05) is 18.2 Å². The minimum atomic E-state index is -1.08. The number of aliphatic carboxylic acids is 2. The van der Waals surface area contributed by atoms with Crippen molar-refractivity contribution in [2.24, 2.45) is 5.92 Å². The molecular weight excluding hydrogens is 252 g/mol. The number of rotatable bonds is 5. The minimum Gasteiger partial charge on any atom is -0.481 e. The molecule has 0 aliphatic heterocycles. The van der Waals surface area contributed by atoms with Crippen molar-refractivity contribution in [1.82, 2.24) is 0 Å². The van der Waals surface area contributed by atoms with Crippen molar-refractivity contribution >= 4 is 33.4 Å². The highest BCUT2D eigenvalue weighted by Crippen LogP contribution is 2.27. The highest BCUT2D eigenvalue weighted by molar-refractivity contribution is 7.19. The van der Waals surface area contributed by atoms with Crippen LogP contribution in [0.2, 0.25) is 0 Å². The van der Waals surface area contributed by atoms with E-state index < -0.39 is 17.9 Å². The van der Waals surface area contributed by atoms with Crippen molar-refractivity contribution in [3.8, 4) is 0 Å². The quantitative estimate of drug-likeness (QED) is 0.870. The molecule has 0 fully saturated rings. The van der Waals surface area contributed by atoms with Crippen molar-refractivity contribution in [3.05, 3.63) is 35.2 Å². The van der Waals surface area contributed by atoms with Crippen LogP contribution in [0.15, 0.2) is 30.3 Å². The second-order valence-electron chi connectivity index (χ2n) is 4.09. The van der Waals surface area contributed by atoms with Crippen molar-refractivity contribution in [2.75, 3.05) is 0 Å². The Hall–Kier alpha value is -1.88. The molecule has 4 nitrogen and oxygen atoms in total. The molecule has 0 bridgehead atoms. The Kier molecular flexibility index (Phi) is 3.62. The van der Waals surface area contributed by atoms with E-state index in [4.69, 9.17) is 10.2 Å². The zero-order valence-electron chi connectivity index (χ0n) is 9.50. The maximum Gasteiger partial charge on any atom is 0.307 e. The van der Waals surface area contributed by atoms with Gasteiger partial charge in [0, 0.05) is 9.58 Å². The summed E-state index contributed by atoms with van der Waals surface area (Å²) in [5, 5.41) is 18.8. The van der Waals surface area contributed by atoms with Gasteiger partial charge in [0.2, 0.25) is 0 Å². The van der Waals surface area contributed by atoms with Crippen molar-refractivity contribution < 1.29 is 19.8 Å². The van der Waals surface area contributed by atoms with E-state index in [1.807, 2.05) is 30.3 Å². The molecule has 1 aromatic heterocycles. The number of thiophene rings is 1. The van der Waals surface area contributed by atoms with Gasteiger partial charge < -0.3 is 10.2 Å². The number of carboxylic acids is 2. The summed E-state index contributed by atoms with van der Waals surface area (Å²) in [5.41, 5.74) is 0. The standard InChI is InChI=1S/C13H12O4S/c14-12(15)7-9(13(16)17)6-10-5-8-3-1-2-4-11(8)18-10/h1-5,9H,6-7H2,(H,14,15)(H,16,17). The topological polar surface area (TPSA) is 74.6 Å². The van der Waals surface area contributed by atoms with Crippen LogP contribution in [-0.4, -0.2) is 22.2 Å². The highest BCUT2D eigenvalue weighted by atomic mass is 32.1. The first kappa shape index (κ1) is 12.6. The van der Waals surface area contributed by atoms with E-state index in [1.54, 1.807) is 0 Å². The number of hydrogen-bond acceptors (Lipinski definition) is 3. The average Bonchev–Trinajstić information content (AvgIpc) is 2.69. The van der Waals surface area contributed by atoms with Gasteiger partial charge in [-0.15, -0.1) is 11.3 Å². The highest BCUT2D eigenvalue weighted by Gasteiger charge is 2.22. The Morgan fingerprint density at radius 3 is 2.56 bits per heavy atom. The fraction of sp³-hybridized carbons (Fsp3) is 0.231. The van der Waals surface area contributed by atoms with E-state index in [9.17, 15) is 9.59 Å². The second-order valence-corrected chi connectivity index (χ2v) is 5.26. The summed E-state index contributed by atoms with van der Waals surface area (Å²) in [6, 6.07) is 9.70. The normalized spacial score (nSPS) is 12.4. The van der Waals surface area contributed by atoms with Gasteiger partial charge in [-0.25, -0.2) is 0 Å². The summed E-state index contributed by atoms with van der Waals surface area (Å²) in [7, 11) is 0. The Morgan fingerprint density at radius 2 is 1.94 bits per heavy atom. The number of hydrogen-bond donors (Lipinski definition) is 2. The molecule has 0 aliphatic carbocycles. The van der Waals surface area contributed by atoms with Crippen molar-refractivity contribution in [3.63, 3.8) is 0 Å². The minimum absolute atomic E-state index is 0.265. The lowest BCUT2D eigenvalue weighted by Crippen LogP contribution is -2.19. The monoisotopic (exact) mass is 264 g/mol. The van der Waals surface area contributed by atoms with Gasteiger partial charge in [-0.3, -0.25) is 9.59 Å². The largest absolute Gasteiger partial charge is 0.481 e. The summed E-state index contributed by atoms with van der Waals surface area (Å²) in [4.78, 5) is 22.5. The van der Waals surface area contributed by atoms with Crippen LogP contribution in [0.4, 0.5) is 0 Å². The predicted molar refractivity (Wildman–Crippen MR) is 68.9 cm³/mol. The Bertz CT molecular complexity index is 554. The molecule has 2 N–H and O–H groups in total. The van der Waals surface area contributed by atoms with Gasteiger partial charge >= 0.3 is 11.9 Å². The lowest BCUT2D eigenvalue weighted by molar-refractivity contribution is -0.148. The number of carbonyl (C=O) groups is 2. The number of carboxylic acid groups (broad SMARTS) is 2. The zero-order chi connectivity index (χ0) is 13.1. The molecule has 2 aromatic rings. The molecule has 1 unspecified atom stereocenters. The van der Waals surface area contributed by atoms with Crippen molar-refractivity contribution in [2.45, 2.75) is 12.8 Å². The second kappa shape index (κ2) is 5.18. The van der Waals surface area contributed by atoms with Gasteiger partial charge in [0.25, 0.3) is 0 Å². The molecular formula is C13H12O4S. The molecule has 18 heavy (non-hydrogen) atoms. The molecule has 1 aromatic carbocycles. The molecule has 0 amide bonds. The summed E-state index contributed by atoms with van der Waals surface area (Å²) in [6.45, 7) is 0. The Morgan fingerprint density at radius 1 is 1.22 bits per heavy atom. The van der Waals surface area contributed by atoms with Crippen LogP contribution >= 0.6 is 11.3 Å². The third-order valence-corrected chi connectivity index (χ3v) is 3.83. The van der Waals surface area contributed by atoms with E-state index >= 15 is 0 Å². The Balaban J connectivity index is 2.20. The predicted octanol–water partition coefficient (Wildman–Crippen LogP) is 2.62. The summed E-state index contributed by atoms with van der Waals surface area (Å²) in [5.74, 6) is -3.01. The van der Waals surface area contributed by atoms with Gasteiger partial charge in [0.05, 0.1) is 12.3 Å².